The summed E-state index contributed by atoms with van der Waals surface area (Å²) in [4.78, 5) is 53.3. The molecule has 20 nitrogen and oxygen atoms in total. The smallest absolute Gasteiger partial charge is 0.325 e. The predicted molar refractivity (Wildman–Crippen MR) is 201 cm³/mol. The number of nitrogens with one attached hydrogen (secondary N) is 2. The third-order valence-corrected chi connectivity index (χ3v) is 11.4. The molecule has 0 bridgehead atoms. The molecule has 12 atom stereocenters. The summed E-state index contributed by atoms with van der Waals surface area (Å²) in [5.74, 6) is -6.63. The molecule has 7 rings (SSSR count). The number of phenols is 3. The van der Waals surface area contributed by atoms with Gasteiger partial charge < -0.3 is 80.3 Å². The van der Waals surface area contributed by atoms with E-state index in [1.807, 2.05) is 0 Å². The van der Waals surface area contributed by atoms with Gasteiger partial charge in [-0.05, 0) is 56.6 Å². The lowest BCUT2D eigenvalue weighted by atomic mass is 9.74. The van der Waals surface area contributed by atoms with Crippen molar-refractivity contribution in [1.29, 1.82) is 0 Å². The zero-order valence-corrected chi connectivity index (χ0v) is 32.6. The van der Waals surface area contributed by atoms with Gasteiger partial charge in [0.1, 0.15) is 71.8 Å². The maximum atomic E-state index is 14.1. The molecule has 60 heavy (non-hydrogen) atoms. The number of benzene rings is 3. The number of carbonyl (C=O) groups is 4. The number of amides is 1. The number of aliphatic carboxylic acids is 1. The Hall–Kier alpha value is -5.26. The Morgan fingerprint density at radius 2 is 1.48 bits per heavy atom. The van der Waals surface area contributed by atoms with Crippen LogP contribution in [0.25, 0.3) is 11.1 Å². The highest BCUT2D eigenvalue weighted by Gasteiger charge is 2.51. The molecule has 322 valence electrons. The number of aryl methyl sites for hydroxylation is 1. The van der Waals surface area contributed by atoms with Crippen LogP contribution in [0.2, 0.25) is 0 Å². The van der Waals surface area contributed by atoms with Gasteiger partial charge in [-0.3, -0.25) is 19.2 Å². The van der Waals surface area contributed by atoms with Crippen molar-refractivity contribution in [1.82, 2.24) is 10.6 Å². The van der Waals surface area contributed by atoms with E-state index in [0.29, 0.717) is 0 Å². The minimum Gasteiger partial charge on any atom is -0.507 e. The molecule has 2 heterocycles. The van der Waals surface area contributed by atoms with Gasteiger partial charge >= 0.3 is 5.97 Å². The number of rotatable bonds is 9. The summed E-state index contributed by atoms with van der Waals surface area (Å²) in [7, 11) is 2.80. The summed E-state index contributed by atoms with van der Waals surface area (Å²) in [5, 5.41) is 104. The van der Waals surface area contributed by atoms with Gasteiger partial charge in [-0.25, -0.2) is 0 Å². The second-order valence-electron chi connectivity index (χ2n) is 15.1. The first-order chi connectivity index (χ1) is 28.3. The lowest BCUT2D eigenvalue weighted by Crippen LogP contribution is -2.65. The molecule has 3 aromatic carbocycles. The Kier molecular flexibility index (Phi) is 11.4. The summed E-state index contributed by atoms with van der Waals surface area (Å²) in [6, 6.07) is 2.44. The fourth-order valence-corrected chi connectivity index (χ4v) is 8.30. The first kappa shape index (κ1) is 42.8. The zero-order chi connectivity index (χ0) is 43.8. The molecule has 0 spiro atoms. The van der Waals surface area contributed by atoms with Gasteiger partial charge in [-0.2, -0.15) is 0 Å². The standard InChI is InChI=1S/C40H44N2O18/c1-11-6-18-24(31(49)21(11)37(53)42-12(2)38(54)55)23-16(9-17-25(32(23)50)28(46)15-7-14(56-5)8-19(43)22(15)27(17)45)29(47)35(18)59-40-34(52)36(26(41-4)13(3)58-40)60-39-33(51)30(48)20(44)10-57-39/h6-9,12-13,20,26,29-30,33-36,39-41,43-44,47-52H,10H2,1-5H3,(H,42,53)(H,54,55)/t12?,13-,20-,26+,29+,30+,33-,34-,35?,36?,39+,40+/m1/s1. The average molecular weight is 841 g/mol. The minimum absolute atomic E-state index is 0.0161. The van der Waals surface area contributed by atoms with Gasteiger partial charge in [-0.15, -0.1) is 0 Å². The minimum atomic E-state index is -1.89. The monoisotopic (exact) mass is 840 g/mol. The highest BCUT2D eigenvalue weighted by atomic mass is 16.7. The van der Waals surface area contributed by atoms with E-state index in [0.717, 1.165) is 12.1 Å². The van der Waals surface area contributed by atoms with Gasteiger partial charge in [0.25, 0.3) is 5.91 Å². The van der Waals surface area contributed by atoms with Crippen molar-refractivity contribution in [2.24, 2.45) is 0 Å². The van der Waals surface area contributed by atoms with Crippen LogP contribution in [0, 0.1) is 6.92 Å². The number of fused-ring (bicyclic) bond motifs is 5. The molecule has 20 heteroatoms. The van der Waals surface area contributed by atoms with Crippen molar-refractivity contribution >= 4 is 23.4 Å². The summed E-state index contributed by atoms with van der Waals surface area (Å²) in [6.45, 7) is 3.76. The molecule has 2 fully saturated rings. The van der Waals surface area contributed by atoms with Crippen LogP contribution in [-0.4, -0.2) is 151 Å². The molecule has 0 aromatic heterocycles. The Balaban J connectivity index is 1.37. The Morgan fingerprint density at radius 3 is 2.13 bits per heavy atom. The van der Waals surface area contributed by atoms with Gasteiger partial charge in [0.05, 0.1) is 42.6 Å². The molecule has 2 aliphatic carbocycles. The van der Waals surface area contributed by atoms with Crippen molar-refractivity contribution < 1.29 is 88.8 Å². The third-order valence-electron chi connectivity index (χ3n) is 11.4. The Morgan fingerprint density at radius 1 is 0.833 bits per heavy atom. The van der Waals surface area contributed by atoms with E-state index in [9.17, 15) is 65.1 Å². The maximum Gasteiger partial charge on any atom is 0.325 e. The summed E-state index contributed by atoms with van der Waals surface area (Å²) < 4.78 is 28.9. The normalized spacial score (nSPS) is 30.1. The molecule has 2 saturated heterocycles. The van der Waals surface area contributed by atoms with Crippen LogP contribution in [0.4, 0.5) is 0 Å². The van der Waals surface area contributed by atoms with E-state index in [-0.39, 0.29) is 33.6 Å². The van der Waals surface area contributed by atoms with Crippen LogP contribution >= 0.6 is 0 Å². The fourth-order valence-electron chi connectivity index (χ4n) is 8.30. The fraction of sp³-hybridized carbons (Fsp3) is 0.450. The van der Waals surface area contributed by atoms with E-state index in [2.05, 4.69) is 10.6 Å². The molecule has 4 aliphatic rings. The summed E-state index contributed by atoms with van der Waals surface area (Å²) >= 11 is 0. The van der Waals surface area contributed by atoms with Crippen LogP contribution in [0.15, 0.2) is 24.3 Å². The molecule has 11 N–H and O–H groups in total. The number of ether oxygens (including phenoxy) is 5. The van der Waals surface area contributed by atoms with E-state index >= 15 is 0 Å². The number of methoxy groups -OCH3 is 1. The van der Waals surface area contributed by atoms with Gasteiger partial charge in [0.15, 0.2) is 24.1 Å². The number of aliphatic hydroxyl groups excluding tert-OH is 5. The summed E-state index contributed by atoms with van der Waals surface area (Å²) in [5.41, 5.74) is -3.36. The predicted octanol–water partition coefficient (Wildman–Crippen LogP) is -0.612. The maximum absolute atomic E-state index is 14.1. The summed E-state index contributed by atoms with van der Waals surface area (Å²) in [6.07, 6.45) is -15.5. The van der Waals surface area contributed by atoms with E-state index in [1.165, 1.54) is 40.1 Å². The molecule has 2 aliphatic heterocycles. The molecular weight excluding hydrogens is 796 g/mol. The number of hydrogen-bond acceptors (Lipinski definition) is 18. The van der Waals surface area contributed by atoms with Crippen LogP contribution in [0.5, 0.6) is 23.0 Å². The van der Waals surface area contributed by atoms with E-state index in [1.54, 1.807) is 6.92 Å². The number of likely N-dealkylation sites (N-methyl/N-ethyl adjacent to an activating group) is 1. The number of aliphatic hydroxyl groups is 5. The number of phenolic OH excluding ortho intramolecular Hbond substituents is 3. The van der Waals surface area contributed by atoms with Crippen LogP contribution in [0.3, 0.4) is 0 Å². The Bertz CT molecular complexity index is 2280. The number of aromatic hydroxyl groups is 3. The first-order valence-corrected chi connectivity index (χ1v) is 18.8. The van der Waals surface area contributed by atoms with Crippen molar-refractivity contribution in [3.8, 4) is 34.1 Å². The van der Waals surface area contributed by atoms with Crippen molar-refractivity contribution in [2.75, 3.05) is 20.8 Å². The van der Waals surface area contributed by atoms with Crippen LogP contribution in [-0.2, 0) is 23.7 Å². The molecule has 1 amide bonds. The van der Waals surface area contributed by atoms with Crippen molar-refractivity contribution in [3.05, 3.63) is 68.8 Å². The molecular formula is C40H44N2O18. The largest absolute Gasteiger partial charge is 0.507 e. The number of hydrogen-bond donors (Lipinski definition) is 11. The van der Waals surface area contributed by atoms with Gasteiger partial charge in [-0.1, -0.05) is 6.07 Å². The van der Waals surface area contributed by atoms with E-state index < -0.39 is 149 Å². The zero-order valence-electron chi connectivity index (χ0n) is 32.6. The van der Waals surface area contributed by atoms with E-state index in [4.69, 9.17) is 23.7 Å². The number of carboxylic acid groups (broad SMARTS) is 1. The highest BCUT2D eigenvalue weighted by molar-refractivity contribution is 6.31. The van der Waals surface area contributed by atoms with Gasteiger partial charge in [0, 0.05) is 28.3 Å². The highest BCUT2D eigenvalue weighted by Crippen LogP contribution is 2.57. The first-order valence-electron chi connectivity index (χ1n) is 18.8. The molecule has 0 radical (unpaired) electrons. The number of carbonyl (C=O) groups excluding carboxylic acids is 3. The van der Waals surface area contributed by atoms with Crippen LogP contribution < -0.4 is 15.4 Å². The molecule has 3 aromatic rings. The molecule has 0 saturated carbocycles. The SMILES string of the molecule is CN[C@@H]1C(O[C@@H]2OC[C@@H](O)[C@H](O)[C@H]2O)[C@@H](O)[C@H](OC2c3cc(C)c(C(=O)NC(C)C(=O)O)c(O)c3-c3c(cc4c(c3O)C(=O)c3cc(OC)cc(O)c3C4=O)[C@@H]2O)O[C@@H]1C. The lowest BCUT2D eigenvalue weighted by molar-refractivity contribution is -0.339. The third kappa shape index (κ3) is 6.83. The second-order valence-corrected chi connectivity index (χ2v) is 15.1. The molecule has 3 unspecified atom stereocenters. The second kappa shape index (κ2) is 16.0. The average Bonchev–Trinajstić information content (AvgIpc) is 3.19. The topological polar surface area (TPSA) is 321 Å². The number of ketones is 2. The van der Waals surface area contributed by atoms with Crippen LogP contribution in [0.1, 0.15) is 84.9 Å². The Labute approximate surface area is 340 Å². The van der Waals surface area contributed by atoms with Crippen molar-refractivity contribution in [2.45, 2.75) is 94.3 Å². The number of carboxylic acids is 1. The van der Waals surface area contributed by atoms with Crippen molar-refractivity contribution in [3.63, 3.8) is 0 Å². The lowest BCUT2D eigenvalue weighted by Gasteiger charge is -2.47. The van der Waals surface area contributed by atoms with Gasteiger partial charge in [0.2, 0.25) is 0 Å². The quantitative estimate of drug-likeness (QED) is 0.100.